The second-order valence-electron chi connectivity index (χ2n) is 3.67. The molecule has 0 aliphatic heterocycles. The number of alkyl halides is 1. The number of benzene rings is 2. The van der Waals surface area contributed by atoms with Crippen molar-refractivity contribution in [2.75, 3.05) is 6.73 Å². The summed E-state index contributed by atoms with van der Waals surface area (Å²) in [6.45, 7) is 0.200. The van der Waals surface area contributed by atoms with Crippen LogP contribution in [0.25, 0.3) is 11.1 Å². The number of rotatable bonds is 4. The number of ether oxygens (including phenoxy) is 1. The van der Waals surface area contributed by atoms with Crippen LogP contribution in [0.1, 0.15) is 5.56 Å². The van der Waals surface area contributed by atoms with E-state index in [9.17, 15) is 0 Å². The van der Waals surface area contributed by atoms with Gasteiger partial charge in [-0.3, -0.25) is 5.73 Å². The molecule has 3 heteroatoms. The second kappa shape index (κ2) is 5.84. The first-order valence-electron chi connectivity index (χ1n) is 5.41. The van der Waals surface area contributed by atoms with Crippen LogP contribution >= 0.6 is 15.9 Å². The molecule has 0 amide bonds. The van der Waals surface area contributed by atoms with Crippen LogP contribution in [0, 0.1) is 0 Å². The highest BCUT2D eigenvalue weighted by Gasteiger charge is 2.00. The summed E-state index contributed by atoms with van der Waals surface area (Å²) in [6.07, 6.45) is 0. The van der Waals surface area contributed by atoms with Gasteiger partial charge in [-0.05, 0) is 28.8 Å². The maximum absolute atomic E-state index is 5.36. The Hall–Kier alpha value is -1.32. The molecule has 0 saturated heterocycles. The van der Waals surface area contributed by atoms with E-state index < -0.39 is 0 Å². The van der Waals surface area contributed by atoms with E-state index in [1.54, 1.807) is 0 Å². The van der Waals surface area contributed by atoms with Gasteiger partial charge in [0.15, 0.2) is 0 Å². The largest absolute Gasteiger partial charge is 0.479 e. The Morgan fingerprint density at radius 1 is 1.00 bits per heavy atom. The molecular formula is C14H14BrNO. The third-order valence-corrected chi connectivity index (χ3v) is 3.17. The van der Waals surface area contributed by atoms with Crippen molar-refractivity contribution in [2.45, 2.75) is 5.33 Å². The molecule has 0 heterocycles. The Labute approximate surface area is 110 Å². The molecule has 0 aliphatic carbocycles. The fourth-order valence-electron chi connectivity index (χ4n) is 1.65. The van der Waals surface area contributed by atoms with E-state index in [1.807, 2.05) is 18.2 Å². The molecule has 0 radical (unpaired) electrons. The quantitative estimate of drug-likeness (QED) is 0.691. The molecule has 0 aliphatic rings. The summed E-state index contributed by atoms with van der Waals surface area (Å²) in [4.78, 5) is 0. The van der Waals surface area contributed by atoms with E-state index in [4.69, 9.17) is 10.5 Å². The smallest absolute Gasteiger partial charge is 0.137 e. The van der Waals surface area contributed by atoms with Crippen LogP contribution in [-0.4, -0.2) is 6.73 Å². The van der Waals surface area contributed by atoms with Crippen molar-refractivity contribution in [3.8, 4) is 16.9 Å². The summed E-state index contributed by atoms with van der Waals surface area (Å²) in [6, 6.07) is 16.4. The van der Waals surface area contributed by atoms with Gasteiger partial charge in [0, 0.05) is 5.33 Å². The average molecular weight is 292 g/mol. The molecule has 0 unspecified atom stereocenters. The SMILES string of the molecule is NCOc1cccc(-c2ccc(CBr)cc2)c1. The molecule has 0 spiro atoms. The van der Waals surface area contributed by atoms with Gasteiger partial charge in [0.25, 0.3) is 0 Å². The molecule has 2 aromatic rings. The average Bonchev–Trinajstić information content (AvgIpc) is 2.40. The highest BCUT2D eigenvalue weighted by molar-refractivity contribution is 9.08. The molecule has 17 heavy (non-hydrogen) atoms. The van der Waals surface area contributed by atoms with Gasteiger partial charge in [-0.1, -0.05) is 52.3 Å². The summed E-state index contributed by atoms with van der Waals surface area (Å²) < 4.78 is 5.28. The van der Waals surface area contributed by atoms with Gasteiger partial charge in [0.05, 0.1) is 0 Å². The van der Waals surface area contributed by atoms with E-state index in [2.05, 4.69) is 46.3 Å². The van der Waals surface area contributed by atoms with E-state index in [-0.39, 0.29) is 6.73 Å². The maximum Gasteiger partial charge on any atom is 0.137 e. The lowest BCUT2D eigenvalue weighted by Crippen LogP contribution is -2.07. The van der Waals surface area contributed by atoms with Gasteiger partial charge in [0.1, 0.15) is 12.5 Å². The van der Waals surface area contributed by atoms with Crippen molar-refractivity contribution in [1.29, 1.82) is 0 Å². The summed E-state index contributed by atoms with van der Waals surface area (Å²) in [7, 11) is 0. The highest BCUT2D eigenvalue weighted by atomic mass is 79.9. The standard InChI is InChI=1S/C14H14BrNO/c15-9-11-4-6-12(7-5-11)13-2-1-3-14(8-13)17-10-16/h1-8H,9-10,16H2. The molecule has 0 saturated carbocycles. The molecular weight excluding hydrogens is 278 g/mol. The van der Waals surface area contributed by atoms with Gasteiger partial charge in [-0.25, -0.2) is 0 Å². The highest BCUT2D eigenvalue weighted by Crippen LogP contribution is 2.24. The lowest BCUT2D eigenvalue weighted by molar-refractivity contribution is 0.330. The van der Waals surface area contributed by atoms with Crippen molar-refractivity contribution >= 4 is 15.9 Å². The Morgan fingerprint density at radius 2 is 1.76 bits per heavy atom. The number of nitrogens with two attached hydrogens (primary N) is 1. The zero-order valence-corrected chi connectivity index (χ0v) is 11.0. The molecule has 0 atom stereocenters. The molecule has 2 aromatic carbocycles. The molecule has 88 valence electrons. The number of halogens is 1. The van der Waals surface area contributed by atoms with E-state index in [0.29, 0.717) is 0 Å². The lowest BCUT2D eigenvalue weighted by atomic mass is 10.0. The number of hydrogen-bond acceptors (Lipinski definition) is 2. The Balaban J connectivity index is 2.28. The van der Waals surface area contributed by atoms with Crippen LogP contribution in [0.15, 0.2) is 48.5 Å². The molecule has 0 bridgehead atoms. The molecule has 2 nitrogen and oxygen atoms in total. The lowest BCUT2D eigenvalue weighted by Gasteiger charge is -2.06. The maximum atomic E-state index is 5.36. The first-order chi connectivity index (χ1) is 8.33. The van der Waals surface area contributed by atoms with Crippen LogP contribution < -0.4 is 10.5 Å². The first-order valence-corrected chi connectivity index (χ1v) is 6.54. The molecule has 0 aromatic heterocycles. The fourth-order valence-corrected chi connectivity index (χ4v) is 2.02. The summed E-state index contributed by atoms with van der Waals surface area (Å²) >= 11 is 3.44. The Bertz CT molecular complexity index is 482. The molecule has 0 fully saturated rings. The zero-order chi connectivity index (χ0) is 12.1. The van der Waals surface area contributed by atoms with E-state index in [0.717, 1.165) is 16.6 Å². The van der Waals surface area contributed by atoms with Crippen molar-refractivity contribution in [1.82, 2.24) is 0 Å². The van der Waals surface area contributed by atoms with Gasteiger partial charge in [-0.15, -0.1) is 0 Å². The molecule has 2 N–H and O–H groups in total. The van der Waals surface area contributed by atoms with Crippen molar-refractivity contribution in [3.05, 3.63) is 54.1 Å². The normalized spacial score (nSPS) is 10.2. The fraction of sp³-hybridized carbons (Fsp3) is 0.143. The van der Waals surface area contributed by atoms with E-state index in [1.165, 1.54) is 11.1 Å². The van der Waals surface area contributed by atoms with Crippen LogP contribution in [-0.2, 0) is 5.33 Å². The van der Waals surface area contributed by atoms with Crippen molar-refractivity contribution in [2.24, 2.45) is 5.73 Å². The van der Waals surface area contributed by atoms with Gasteiger partial charge >= 0.3 is 0 Å². The third kappa shape index (κ3) is 3.08. The zero-order valence-electron chi connectivity index (χ0n) is 9.40. The van der Waals surface area contributed by atoms with Crippen LogP contribution in [0.2, 0.25) is 0 Å². The third-order valence-electron chi connectivity index (χ3n) is 2.53. The minimum Gasteiger partial charge on any atom is -0.479 e. The second-order valence-corrected chi connectivity index (χ2v) is 4.23. The Morgan fingerprint density at radius 3 is 2.41 bits per heavy atom. The van der Waals surface area contributed by atoms with Gasteiger partial charge < -0.3 is 4.74 Å². The summed E-state index contributed by atoms with van der Waals surface area (Å²) in [5, 5.41) is 0.879. The summed E-state index contributed by atoms with van der Waals surface area (Å²) in [5.41, 5.74) is 8.94. The minimum atomic E-state index is 0.200. The summed E-state index contributed by atoms with van der Waals surface area (Å²) in [5.74, 6) is 0.801. The predicted octanol–water partition coefficient (Wildman–Crippen LogP) is 3.54. The van der Waals surface area contributed by atoms with Crippen molar-refractivity contribution < 1.29 is 4.74 Å². The van der Waals surface area contributed by atoms with E-state index >= 15 is 0 Å². The predicted molar refractivity (Wildman–Crippen MR) is 74.2 cm³/mol. The minimum absolute atomic E-state index is 0.200. The van der Waals surface area contributed by atoms with Crippen LogP contribution in [0.4, 0.5) is 0 Å². The molecule has 2 rings (SSSR count). The monoisotopic (exact) mass is 291 g/mol. The van der Waals surface area contributed by atoms with Gasteiger partial charge in [0.2, 0.25) is 0 Å². The van der Waals surface area contributed by atoms with Gasteiger partial charge in [-0.2, -0.15) is 0 Å². The first kappa shape index (κ1) is 12.1. The topological polar surface area (TPSA) is 35.2 Å². The van der Waals surface area contributed by atoms with Crippen molar-refractivity contribution in [3.63, 3.8) is 0 Å². The number of hydrogen-bond donors (Lipinski definition) is 1. The van der Waals surface area contributed by atoms with Crippen LogP contribution in [0.3, 0.4) is 0 Å². The Kier molecular flexibility index (Phi) is 4.18. The van der Waals surface area contributed by atoms with Crippen LogP contribution in [0.5, 0.6) is 5.75 Å².